The van der Waals surface area contributed by atoms with Gasteiger partial charge >= 0.3 is 0 Å². The van der Waals surface area contributed by atoms with E-state index in [-0.39, 0.29) is 23.3 Å². The van der Waals surface area contributed by atoms with E-state index >= 15 is 0 Å². The van der Waals surface area contributed by atoms with Crippen LogP contribution in [0.3, 0.4) is 0 Å². The van der Waals surface area contributed by atoms with Crippen LogP contribution in [-0.2, 0) is 10.0 Å². The number of sulfonamides is 1. The highest BCUT2D eigenvalue weighted by Gasteiger charge is 2.37. The Bertz CT molecular complexity index is 1620. The third kappa shape index (κ3) is 3.89. The van der Waals surface area contributed by atoms with E-state index in [1.54, 1.807) is 24.3 Å². The molecule has 0 saturated heterocycles. The predicted molar refractivity (Wildman–Crippen MR) is 132 cm³/mol. The van der Waals surface area contributed by atoms with Gasteiger partial charge in [0.1, 0.15) is 5.82 Å². The number of hydrazone groups is 1. The molecule has 172 valence electrons. The van der Waals surface area contributed by atoms with Crippen LogP contribution >= 0.6 is 11.6 Å². The molecule has 4 aromatic rings. The van der Waals surface area contributed by atoms with Gasteiger partial charge in [0.15, 0.2) is 0 Å². The summed E-state index contributed by atoms with van der Waals surface area (Å²) in [5.74, 6) is -0.542. The first-order valence-electron chi connectivity index (χ1n) is 10.5. The van der Waals surface area contributed by atoms with Gasteiger partial charge in [0.2, 0.25) is 10.0 Å². The summed E-state index contributed by atoms with van der Waals surface area (Å²) < 4.78 is 40.7. The van der Waals surface area contributed by atoms with Crippen molar-refractivity contribution in [3.8, 4) is 11.1 Å². The summed E-state index contributed by atoms with van der Waals surface area (Å²) in [5, 5.41) is 5.52. The molecule has 5 rings (SSSR count). The molecule has 0 radical (unpaired) electrons. The lowest BCUT2D eigenvalue weighted by atomic mass is 9.91. The minimum Gasteiger partial charge on any atom is -0.321 e. The van der Waals surface area contributed by atoms with E-state index < -0.39 is 27.4 Å². The Labute approximate surface area is 200 Å². The number of aromatic nitrogens is 1. The van der Waals surface area contributed by atoms with E-state index in [9.17, 15) is 17.6 Å². The van der Waals surface area contributed by atoms with Crippen molar-refractivity contribution in [2.75, 3.05) is 6.26 Å². The zero-order valence-corrected chi connectivity index (χ0v) is 19.6. The molecule has 1 atom stereocenters. The van der Waals surface area contributed by atoms with Crippen LogP contribution in [0.4, 0.5) is 4.39 Å². The summed E-state index contributed by atoms with van der Waals surface area (Å²) in [6, 6.07) is 19.5. The second kappa shape index (κ2) is 8.38. The molecule has 0 unspecified atom stereocenters. The van der Waals surface area contributed by atoms with Gasteiger partial charge in [-0.05, 0) is 29.8 Å². The maximum absolute atomic E-state index is 14.7. The first kappa shape index (κ1) is 22.3. The standard InChI is InChI=1S/C25H19ClFN3O3S/c1-34(32,33)30-22(17-9-5-6-10-19(17)27)14-21(29-30)24-23(15-7-3-2-4-8-15)18-13-16(26)11-12-20(18)28-25(24)31/h2-13,22H,14H2,1H3,(H,28,31)/t22-/m0/s1. The van der Waals surface area contributed by atoms with Crippen molar-refractivity contribution in [2.45, 2.75) is 12.5 Å². The highest BCUT2D eigenvalue weighted by Crippen LogP contribution is 2.38. The maximum Gasteiger partial charge on any atom is 0.258 e. The van der Waals surface area contributed by atoms with Gasteiger partial charge in [0.05, 0.1) is 23.6 Å². The Morgan fingerprint density at radius 2 is 1.74 bits per heavy atom. The van der Waals surface area contributed by atoms with Crippen LogP contribution in [-0.4, -0.2) is 29.8 Å². The van der Waals surface area contributed by atoms with E-state index in [1.807, 2.05) is 30.3 Å². The van der Waals surface area contributed by atoms with Crippen LogP contribution in [0, 0.1) is 5.82 Å². The van der Waals surface area contributed by atoms with Crippen LogP contribution < -0.4 is 5.56 Å². The number of nitrogens with one attached hydrogen (secondary N) is 1. The molecule has 34 heavy (non-hydrogen) atoms. The number of halogens is 2. The fourth-order valence-corrected chi connectivity index (χ4v) is 5.44. The quantitative estimate of drug-likeness (QED) is 0.427. The molecule has 1 aliphatic rings. The molecule has 0 aliphatic carbocycles. The number of aromatic amines is 1. The van der Waals surface area contributed by atoms with Crippen LogP contribution in [0.1, 0.15) is 23.6 Å². The number of fused-ring (bicyclic) bond motifs is 1. The normalized spacial score (nSPS) is 16.1. The lowest BCUT2D eigenvalue weighted by Gasteiger charge is -2.21. The fraction of sp³-hybridized carbons (Fsp3) is 0.120. The average molecular weight is 496 g/mol. The van der Waals surface area contributed by atoms with E-state index in [4.69, 9.17) is 11.6 Å². The number of pyridine rings is 1. The van der Waals surface area contributed by atoms with Gasteiger partial charge in [0.25, 0.3) is 5.56 Å². The Morgan fingerprint density at radius 3 is 2.44 bits per heavy atom. The first-order chi connectivity index (χ1) is 16.2. The van der Waals surface area contributed by atoms with Crippen molar-refractivity contribution in [3.63, 3.8) is 0 Å². The number of hydrogen-bond acceptors (Lipinski definition) is 4. The SMILES string of the molecule is CS(=O)(=O)N1N=C(c2c(-c3ccccc3)c3cc(Cl)ccc3[nH]c2=O)C[C@H]1c1ccccc1F. The average Bonchev–Trinajstić information content (AvgIpc) is 3.25. The van der Waals surface area contributed by atoms with Crippen molar-refractivity contribution in [2.24, 2.45) is 5.10 Å². The second-order valence-corrected chi connectivity index (χ2v) is 10.4. The van der Waals surface area contributed by atoms with Gasteiger partial charge in [-0.3, -0.25) is 4.79 Å². The summed E-state index contributed by atoms with van der Waals surface area (Å²) in [6.07, 6.45) is 1.04. The largest absolute Gasteiger partial charge is 0.321 e. The molecule has 0 fully saturated rings. The van der Waals surface area contributed by atoms with Crippen LogP contribution in [0.15, 0.2) is 82.7 Å². The van der Waals surface area contributed by atoms with Crippen LogP contribution in [0.2, 0.25) is 5.02 Å². The third-order valence-electron chi connectivity index (χ3n) is 5.80. The zero-order valence-electron chi connectivity index (χ0n) is 18.0. The first-order valence-corrected chi connectivity index (χ1v) is 12.7. The molecule has 0 saturated carbocycles. The van der Waals surface area contributed by atoms with Gasteiger partial charge in [-0.15, -0.1) is 0 Å². The highest BCUT2D eigenvalue weighted by molar-refractivity contribution is 7.88. The Balaban J connectivity index is 1.79. The van der Waals surface area contributed by atoms with E-state index in [0.717, 1.165) is 16.2 Å². The van der Waals surface area contributed by atoms with E-state index in [0.29, 0.717) is 21.5 Å². The summed E-state index contributed by atoms with van der Waals surface area (Å²) in [6.45, 7) is 0. The van der Waals surface area contributed by atoms with Crippen molar-refractivity contribution < 1.29 is 12.8 Å². The molecule has 6 nitrogen and oxygen atoms in total. The summed E-state index contributed by atoms with van der Waals surface area (Å²) in [5.41, 5.74) is 2.17. The molecule has 2 heterocycles. The smallest absolute Gasteiger partial charge is 0.258 e. The van der Waals surface area contributed by atoms with E-state index in [2.05, 4.69) is 10.1 Å². The van der Waals surface area contributed by atoms with Gasteiger partial charge in [-0.25, -0.2) is 12.8 Å². The second-order valence-electron chi connectivity index (χ2n) is 8.08. The van der Waals surface area contributed by atoms with Crippen molar-refractivity contribution in [1.82, 2.24) is 9.40 Å². The Morgan fingerprint density at radius 1 is 1.03 bits per heavy atom. The lowest BCUT2D eigenvalue weighted by molar-refractivity contribution is 0.365. The molecule has 0 bridgehead atoms. The maximum atomic E-state index is 14.7. The fourth-order valence-electron chi connectivity index (χ4n) is 4.37. The minimum absolute atomic E-state index is 0.0307. The molecule has 0 spiro atoms. The monoisotopic (exact) mass is 495 g/mol. The van der Waals surface area contributed by atoms with Crippen molar-refractivity contribution >= 4 is 38.2 Å². The number of benzene rings is 3. The Kier molecular flexibility index (Phi) is 5.50. The molecule has 0 amide bonds. The number of H-pyrrole nitrogens is 1. The predicted octanol–water partition coefficient (Wildman–Crippen LogP) is 5.10. The molecule has 3 aromatic carbocycles. The molecular formula is C25H19ClFN3O3S. The van der Waals surface area contributed by atoms with Crippen LogP contribution in [0.25, 0.3) is 22.0 Å². The van der Waals surface area contributed by atoms with Gasteiger partial charge < -0.3 is 4.98 Å². The number of rotatable bonds is 4. The van der Waals surface area contributed by atoms with Gasteiger partial charge in [0, 0.05) is 33.5 Å². The minimum atomic E-state index is -3.85. The summed E-state index contributed by atoms with van der Waals surface area (Å²) in [7, 11) is -3.85. The molecule has 9 heteroatoms. The Hall–Kier alpha value is -3.49. The molecular weight excluding hydrogens is 477 g/mol. The number of nitrogens with zero attached hydrogens (tertiary/aromatic N) is 2. The number of hydrogen-bond donors (Lipinski definition) is 1. The van der Waals surface area contributed by atoms with Gasteiger partial charge in [-0.2, -0.15) is 9.52 Å². The third-order valence-corrected chi connectivity index (χ3v) is 7.05. The summed E-state index contributed by atoms with van der Waals surface area (Å²) >= 11 is 6.28. The topological polar surface area (TPSA) is 82.6 Å². The van der Waals surface area contributed by atoms with Crippen molar-refractivity contribution in [1.29, 1.82) is 0 Å². The van der Waals surface area contributed by atoms with Gasteiger partial charge in [-0.1, -0.05) is 60.1 Å². The molecule has 1 N–H and O–H groups in total. The summed E-state index contributed by atoms with van der Waals surface area (Å²) in [4.78, 5) is 16.2. The van der Waals surface area contributed by atoms with Crippen molar-refractivity contribution in [3.05, 3.63) is 105 Å². The molecule has 1 aliphatic heterocycles. The van der Waals surface area contributed by atoms with Crippen LogP contribution in [0.5, 0.6) is 0 Å². The zero-order chi connectivity index (χ0) is 24.0. The molecule has 1 aromatic heterocycles. The lowest BCUT2D eigenvalue weighted by Crippen LogP contribution is -2.26. The highest BCUT2D eigenvalue weighted by atomic mass is 35.5. The van der Waals surface area contributed by atoms with E-state index in [1.165, 1.54) is 18.2 Å².